The number of halogens is 1. The second-order valence-corrected chi connectivity index (χ2v) is 6.73. The van der Waals surface area contributed by atoms with Crippen molar-refractivity contribution in [3.05, 3.63) is 0 Å². The van der Waals surface area contributed by atoms with E-state index in [2.05, 4.69) is 0 Å². The van der Waals surface area contributed by atoms with Crippen molar-refractivity contribution in [3.63, 3.8) is 0 Å². The Balaban J connectivity index is 2.42. The fourth-order valence-corrected chi connectivity index (χ4v) is 6.02. The van der Waals surface area contributed by atoms with Gasteiger partial charge in [0.1, 0.15) is 0 Å². The minimum absolute atomic E-state index is 0.0681. The largest absolute Gasteiger partial charge is 0.229 e. The molecule has 0 bridgehead atoms. The number of rotatable bonds is 0. The molecule has 1 heterocycles. The van der Waals surface area contributed by atoms with Crippen LogP contribution in [-0.4, -0.2) is 25.3 Å². The van der Waals surface area contributed by atoms with E-state index in [0.717, 1.165) is 0 Å². The molecule has 11 heavy (non-hydrogen) atoms. The zero-order chi connectivity index (χ0) is 8.49. The average molecular weight is 195 g/mol. The van der Waals surface area contributed by atoms with Crippen LogP contribution >= 0.6 is 11.6 Å². The SMILES string of the molecule is C[C@@]12CS(=O)(=O)C[C@]1(C)C2Cl. The molecule has 1 saturated heterocycles. The molecule has 4 heteroatoms. The van der Waals surface area contributed by atoms with Crippen molar-refractivity contribution in [1.82, 2.24) is 0 Å². The highest BCUT2D eigenvalue weighted by Crippen LogP contribution is 2.71. The Morgan fingerprint density at radius 1 is 1.27 bits per heavy atom. The van der Waals surface area contributed by atoms with Gasteiger partial charge in [-0.25, -0.2) is 8.42 Å². The summed E-state index contributed by atoms with van der Waals surface area (Å²) in [5.41, 5.74) is -0.263. The van der Waals surface area contributed by atoms with Crippen molar-refractivity contribution in [1.29, 1.82) is 0 Å². The average Bonchev–Trinajstić information content (AvgIpc) is 2.15. The van der Waals surface area contributed by atoms with Crippen molar-refractivity contribution in [2.45, 2.75) is 19.2 Å². The maximum atomic E-state index is 11.2. The summed E-state index contributed by atoms with van der Waals surface area (Å²) in [6.45, 7) is 3.93. The molecule has 0 N–H and O–H groups in total. The predicted octanol–water partition coefficient (Wildman–Crippen LogP) is 1.05. The lowest BCUT2D eigenvalue weighted by atomic mass is 10.0. The number of hydrogen-bond donors (Lipinski definition) is 0. The van der Waals surface area contributed by atoms with E-state index in [-0.39, 0.29) is 27.7 Å². The molecule has 2 rings (SSSR count). The summed E-state index contributed by atoms with van der Waals surface area (Å²) in [5, 5.41) is 0.0681. The van der Waals surface area contributed by atoms with Gasteiger partial charge < -0.3 is 0 Å². The zero-order valence-electron chi connectivity index (χ0n) is 6.59. The van der Waals surface area contributed by atoms with Crippen molar-refractivity contribution in [3.8, 4) is 0 Å². The summed E-state index contributed by atoms with van der Waals surface area (Å²) in [6.07, 6.45) is 0. The van der Waals surface area contributed by atoms with Gasteiger partial charge >= 0.3 is 0 Å². The molecule has 0 spiro atoms. The summed E-state index contributed by atoms with van der Waals surface area (Å²) in [6, 6.07) is 0. The molecule has 2 fully saturated rings. The second-order valence-electron chi connectivity index (χ2n) is 4.23. The molecule has 1 saturated carbocycles. The fourth-order valence-electron chi connectivity index (χ4n) is 2.33. The van der Waals surface area contributed by atoms with E-state index >= 15 is 0 Å². The van der Waals surface area contributed by atoms with Crippen molar-refractivity contribution in [2.24, 2.45) is 10.8 Å². The smallest absolute Gasteiger partial charge is 0.151 e. The Kier molecular flexibility index (Phi) is 1.16. The third-order valence-electron chi connectivity index (χ3n) is 3.38. The molecule has 1 aliphatic carbocycles. The van der Waals surface area contributed by atoms with Crippen LogP contribution in [0.2, 0.25) is 0 Å². The van der Waals surface area contributed by atoms with Gasteiger partial charge in [-0.05, 0) is 0 Å². The Morgan fingerprint density at radius 3 is 1.91 bits per heavy atom. The highest BCUT2D eigenvalue weighted by molar-refractivity contribution is 7.91. The van der Waals surface area contributed by atoms with E-state index in [4.69, 9.17) is 11.6 Å². The van der Waals surface area contributed by atoms with Crippen LogP contribution in [0.5, 0.6) is 0 Å². The minimum atomic E-state index is -2.78. The van der Waals surface area contributed by atoms with Gasteiger partial charge in [0.05, 0.1) is 11.5 Å². The van der Waals surface area contributed by atoms with Crippen molar-refractivity contribution in [2.75, 3.05) is 11.5 Å². The third kappa shape index (κ3) is 0.712. The molecule has 1 unspecified atom stereocenters. The molecule has 2 nitrogen and oxygen atoms in total. The van der Waals surface area contributed by atoms with E-state index in [0.29, 0.717) is 0 Å². The second kappa shape index (κ2) is 1.62. The molecule has 1 aliphatic heterocycles. The highest BCUT2D eigenvalue weighted by atomic mass is 35.5. The first-order chi connectivity index (χ1) is 4.82. The first-order valence-electron chi connectivity index (χ1n) is 3.66. The van der Waals surface area contributed by atoms with Crippen LogP contribution in [0, 0.1) is 10.8 Å². The molecule has 0 aromatic heterocycles. The third-order valence-corrected chi connectivity index (χ3v) is 6.42. The van der Waals surface area contributed by atoms with Crippen LogP contribution in [-0.2, 0) is 9.84 Å². The number of sulfone groups is 1. The Hall–Kier alpha value is 0.240. The lowest BCUT2D eigenvalue weighted by Crippen LogP contribution is -2.15. The molecule has 0 radical (unpaired) electrons. The molecular formula is C7H11ClO2S. The normalized spacial score (nSPS) is 59.0. The van der Waals surface area contributed by atoms with Crippen LogP contribution in [0.25, 0.3) is 0 Å². The predicted molar refractivity (Wildman–Crippen MR) is 44.5 cm³/mol. The van der Waals surface area contributed by atoms with Crippen LogP contribution in [0.15, 0.2) is 0 Å². The summed E-state index contributed by atoms with van der Waals surface area (Å²) in [7, 11) is -2.78. The molecular weight excluding hydrogens is 184 g/mol. The van der Waals surface area contributed by atoms with Crippen molar-refractivity contribution < 1.29 is 8.42 Å². The van der Waals surface area contributed by atoms with E-state index < -0.39 is 9.84 Å². The quantitative estimate of drug-likeness (QED) is 0.541. The van der Waals surface area contributed by atoms with Gasteiger partial charge in [0, 0.05) is 16.2 Å². The van der Waals surface area contributed by atoms with E-state index in [9.17, 15) is 8.42 Å². The Morgan fingerprint density at radius 2 is 1.64 bits per heavy atom. The lowest BCUT2D eigenvalue weighted by Gasteiger charge is -2.01. The van der Waals surface area contributed by atoms with Crippen LogP contribution < -0.4 is 0 Å². The lowest BCUT2D eigenvalue weighted by molar-refractivity contribution is 0.494. The van der Waals surface area contributed by atoms with Gasteiger partial charge in [0.2, 0.25) is 0 Å². The van der Waals surface area contributed by atoms with Crippen LogP contribution in [0.4, 0.5) is 0 Å². The van der Waals surface area contributed by atoms with Crippen LogP contribution in [0.1, 0.15) is 13.8 Å². The van der Waals surface area contributed by atoms with Gasteiger partial charge in [-0.3, -0.25) is 0 Å². The van der Waals surface area contributed by atoms with Gasteiger partial charge in [-0.2, -0.15) is 0 Å². The van der Waals surface area contributed by atoms with E-state index in [1.165, 1.54) is 0 Å². The summed E-state index contributed by atoms with van der Waals surface area (Å²) in [4.78, 5) is 0. The zero-order valence-corrected chi connectivity index (χ0v) is 8.17. The maximum absolute atomic E-state index is 11.2. The Bertz CT molecular complexity index is 286. The summed E-state index contributed by atoms with van der Waals surface area (Å²) >= 11 is 6.00. The number of fused-ring (bicyclic) bond motifs is 1. The number of alkyl halides is 1. The molecule has 64 valence electrons. The van der Waals surface area contributed by atoms with Crippen molar-refractivity contribution >= 4 is 21.4 Å². The number of hydrogen-bond acceptors (Lipinski definition) is 2. The standard InChI is InChI=1S/C7H11ClO2S/c1-6-3-11(9,10)4-7(6,2)5(6)8/h5H,3-4H2,1-2H3/t5?,6-,7+. The topological polar surface area (TPSA) is 34.1 Å². The first-order valence-corrected chi connectivity index (χ1v) is 5.92. The molecule has 0 aromatic rings. The monoisotopic (exact) mass is 194 g/mol. The Labute approximate surface area is 71.8 Å². The van der Waals surface area contributed by atoms with E-state index in [1.54, 1.807) is 0 Å². The van der Waals surface area contributed by atoms with E-state index in [1.807, 2.05) is 13.8 Å². The van der Waals surface area contributed by atoms with Gasteiger partial charge in [-0.1, -0.05) is 13.8 Å². The minimum Gasteiger partial charge on any atom is -0.229 e. The van der Waals surface area contributed by atoms with Gasteiger partial charge in [-0.15, -0.1) is 11.6 Å². The fraction of sp³-hybridized carbons (Fsp3) is 1.00. The van der Waals surface area contributed by atoms with Gasteiger partial charge in [0.25, 0.3) is 0 Å². The maximum Gasteiger partial charge on any atom is 0.151 e. The summed E-state index contributed by atoms with van der Waals surface area (Å²) < 4.78 is 22.3. The molecule has 0 amide bonds. The molecule has 3 atom stereocenters. The van der Waals surface area contributed by atoms with Gasteiger partial charge in [0.15, 0.2) is 9.84 Å². The highest BCUT2D eigenvalue weighted by Gasteiger charge is 2.76. The molecule has 0 aromatic carbocycles. The first kappa shape index (κ1) is 7.87. The van der Waals surface area contributed by atoms with Crippen LogP contribution in [0.3, 0.4) is 0 Å². The molecule has 2 aliphatic rings. The summed E-state index contributed by atoms with van der Waals surface area (Å²) in [5.74, 6) is 0.565.